The summed E-state index contributed by atoms with van der Waals surface area (Å²) in [6, 6.07) is 10.5. The van der Waals surface area contributed by atoms with Crippen LogP contribution in [0.4, 0.5) is 5.82 Å². The smallest absolute Gasteiger partial charge is 0.858 e. The van der Waals surface area contributed by atoms with Gasteiger partial charge in [-0.2, -0.15) is 5.10 Å². The first kappa shape index (κ1) is 11.1. The van der Waals surface area contributed by atoms with Gasteiger partial charge in [0.15, 0.2) is 0 Å². The van der Waals surface area contributed by atoms with E-state index in [0.717, 1.165) is 5.69 Å². The van der Waals surface area contributed by atoms with Gasteiger partial charge >= 0.3 is 29.6 Å². The van der Waals surface area contributed by atoms with Gasteiger partial charge in [0.25, 0.3) is 0 Å². The number of hydrogen-bond donors (Lipinski definition) is 1. The van der Waals surface area contributed by atoms with Gasteiger partial charge < -0.3 is 10.8 Å². The zero-order chi connectivity index (χ0) is 9.26. The summed E-state index contributed by atoms with van der Waals surface area (Å²) in [6.45, 7) is 0. The number of rotatable bonds is 1. The molecule has 0 saturated heterocycles. The SMILES string of the molecule is Nc1cc([O-])n(-c2ccccc2)n1.[Na+]. The summed E-state index contributed by atoms with van der Waals surface area (Å²) >= 11 is 0. The molecule has 4 nitrogen and oxygen atoms in total. The fourth-order valence-corrected chi connectivity index (χ4v) is 1.14. The van der Waals surface area contributed by atoms with Crippen molar-refractivity contribution in [3.05, 3.63) is 36.4 Å². The van der Waals surface area contributed by atoms with Crippen molar-refractivity contribution >= 4 is 5.82 Å². The average Bonchev–Trinajstić information content (AvgIpc) is 2.47. The van der Waals surface area contributed by atoms with E-state index in [1.165, 1.54) is 10.7 Å². The summed E-state index contributed by atoms with van der Waals surface area (Å²) in [6.07, 6.45) is 0. The minimum Gasteiger partial charge on any atom is -0.858 e. The Balaban J connectivity index is 0.000000980. The number of benzene rings is 1. The van der Waals surface area contributed by atoms with Crippen molar-refractivity contribution in [2.45, 2.75) is 0 Å². The molecule has 1 heterocycles. The number of nitrogens with two attached hydrogens (primary N) is 1. The van der Waals surface area contributed by atoms with Gasteiger partial charge in [-0.25, -0.2) is 4.68 Å². The maximum atomic E-state index is 11.3. The second-order valence-corrected chi connectivity index (χ2v) is 2.65. The minimum absolute atomic E-state index is 0. The van der Waals surface area contributed by atoms with Crippen LogP contribution in [0.1, 0.15) is 0 Å². The summed E-state index contributed by atoms with van der Waals surface area (Å²) in [5.41, 5.74) is 6.11. The summed E-state index contributed by atoms with van der Waals surface area (Å²) < 4.78 is 1.27. The Hall–Kier alpha value is -0.970. The van der Waals surface area contributed by atoms with E-state index in [1.807, 2.05) is 18.2 Å². The van der Waals surface area contributed by atoms with E-state index in [0.29, 0.717) is 0 Å². The van der Waals surface area contributed by atoms with Crippen LogP contribution in [0.3, 0.4) is 0 Å². The Morgan fingerprint density at radius 1 is 1.21 bits per heavy atom. The molecule has 1 aromatic heterocycles. The van der Waals surface area contributed by atoms with E-state index >= 15 is 0 Å². The fraction of sp³-hybridized carbons (Fsp3) is 0. The van der Waals surface area contributed by atoms with Crippen LogP contribution in [0, 0.1) is 0 Å². The van der Waals surface area contributed by atoms with Crippen LogP contribution in [-0.4, -0.2) is 9.78 Å². The Bertz CT molecular complexity index is 413. The summed E-state index contributed by atoms with van der Waals surface area (Å²) in [7, 11) is 0. The van der Waals surface area contributed by atoms with Crippen molar-refractivity contribution < 1.29 is 34.7 Å². The molecule has 0 aliphatic rings. The average molecular weight is 197 g/mol. The van der Waals surface area contributed by atoms with Crippen LogP contribution in [-0.2, 0) is 0 Å². The van der Waals surface area contributed by atoms with Crippen LogP contribution in [0.2, 0.25) is 0 Å². The van der Waals surface area contributed by atoms with E-state index in [-0.39, 0.29) is 41.3 Å². The van der Waals surface area contributed by atoms with Gasteiger partial charge in [-0.1, -0.05) is 18.2 Å². The maximum absolute atomic E-state index is 11.3. The van der Waals surface area contributed by atoms with Gasteiger partial charge in [0, 0.05) is 0 Å². The predicted octanol–water partition coefficient (Wildman–Crippen LogP) is -2.47. The maximum Gasteiger partial charge on any atom is 1.00 e. The van der Waals surface area contributed by atoms with Crippen LogP contribution >= 0.6 is 0 Å². The number of anilines is 1. The van der Waals surface area contributed by atoms with Crippen molar-refractivity contribution in [1.29, 1.82) is 0 Å². The summed E-state index contributed by atoms with van der Waals surface area (Å²) in [5.74, 6) is 0.0394. The van der Waals surface area contributed by atoms with Crippen LogP contribution in [0.15, 0.2) is 36.4 Å². The third kappa shape index (κ3) is 2.09. The van der Waals surface area contributed by atoms with E-state index in [2.05, 4.69) is 5.10 Å². The quantitative estimate of drug-likeness (QED) is 0.515. The fourth-order valence-electron chi connectivity index (χ4n) is 1.14. The van der Waals surface area contributed by atoms with E-state index in [1.54, 1.807) is 12.1 Å². The molecule has 1 aromatic carbocycles. The van der Waals surface area contributed by atoms with Crippen molar-refractivity contribution in [2.24, 2.45) is 0 Å². The predicted molar refractivity (Wildman–Crippen MR) is 47.4 cm³/mol. The van der Waals surface area contributed by atoms with Crippen molar-refractivity contribution in [3.8, 4) is 11.6 Å². The summed E-state index contributed by atoms with van der Waals surface area (Å²) in [4.78, 5) is 0. The molecule has 0 bridgehead atoms. The first-order valence-corrected chi connectivity index (χ1v) is 3.85. The zero-order valence-electron chi connectivity index (χ0n) is 7.84. The molecule has 66 valence electrons. The van der Waals surface area contributed by atoms with E-state index in [4.69, 9.17) is 5.73 Å². The van der Waals surface area contributed by atoms with E-state index in [9.17, 15) is 5.11 Å². The number of para-hydroxylation sites is 1. The normalized spacial score (nSPS) is 9.43. The van der Waals surface area contributed by atoms with Gasteiger partial charge in [-0.15, -0.1) is 0 Å². The van der Waals surface area contributed by atoms with Crippen molar-refractivity contribution in [3.63, 3.8) is 0 Å². The van der Waals surface area contributed by atoms with Gasteiger partial charge in [0.05, 0.1) is 5.69 Å². The molecule has 0 aliphatic carbocycles. The molecule has 0 unspecified atom stereocenters. The van der Waals surface area contributed by atoms with Gasteiger partial charge in [0.1, 0.15) is 5.82 Å². The molecule has 2 rings (SSSR count). The van der Waals surface area contributed by atoms with Gasteiger partial charge in [-0.3, -0.25) is 0 Å². The molecule has 5 heteroatoms. The number of aromatic nitrogens is 2. The van der Waals surface area contributed by atoms with Crippen LogP contribution in [0.5, 0.6) is 5.88 Å². The van der Waals surface area contributed by atoms with Gasteiger partial charge in [0.2, 0.25) is 0 Å². The Morgan fingerprint density at radius 3 is 2.36 bits per heavy atom. The monoisotopic (exact) mass is 197 g/mol. The van der Waals surface area contributed by atoms with E-state index < -0.39 is 0 Å². The zero-order valence-corrected chi connectivity index (χ0v) is 9.84. The van der Waals surface area contributed by atoms with Crippen molar-refractivity contribution in [2.75, 3.05) is 5.73 Å². The largest absolute Gasteiger partial charge is 1.00 e. The molecule has 14 heavy (non-hydrogen) atoms. The topological polar surface area (TPSA) is 66.9 Å². The third-order valence-corrected chi connectivity index (χ3v) is 1.70. The molecule has 0 amide bonds. The molecule has 0 saturated carbocycles. The number of nitrogens with zero attached hydrogens (tertiary/aromatic N) is 2. The molecule has 0 radical (unpaired) electrons. The molecular formula is C9H8N3NaO. The van der Waals surface area contributed by atoms with Crippen LogP contribution in [0.25, 0.3) is 5.69 Å². The Morgan fingerprint density at radius 2 is 1.86 bits per heavy atom. The first-order valence-electron chi connectivity index (χ1n) is 3.85. The number of hydrogen-bond acceptors (Lipinski definition) is 3. The molecule has 0 fully saturated rings. The van der Waals surface area contributed by atoms with Gasteiger partial charge in [-0.05, 0) is 24.1 Å². The molecule has 0 aliphatic heterocycles. The third-order valence-electron chi connectivity index (χ3n) is 1.70. The summed E-state index contributed by atoms with van der Waals surface area (Å²) in [5, 5.41) is 15.1. The van der Waals surface area contributed by atoms with Crippen molar-refractivity contribution in [1.82, 2.24) is 9.78 Å². The Labute approximate surface area is 104 Å². The Kier molecular flexibility index (Phi) is 3.57. The second kappa shape index (κ2) is 4.50. The molecule has 0 spiro atoms. The standard InChI is InChI=1S/C9H9N3O.Na/c10-8-6-9(13)12(11-8)7-4-2-1-3-5-7;/h1-6,13H,(H2,10,11);/q;+1/p-1. The molecule has 2 N–H and O–H groups in total. The first-order chi connectivity index (χ1) is 6.27. The molecule has 2 aromatic rings. The minimum atomic E-state index is -0.205. The van der Waals surface area contributed by atoms with Crippen LogP contribution < -0.4 is 40.4 Å². The molecular weight excluding hydrogens is 189 g/mol. The molecule has 0 atom stereocenters. The number of nitrogen functional groups attached to an aromatic ring is 1. The second-order valence-electron chi connectivity index (χ2n) is 2.65.